The van der Waals surface area contributed by atoms with Crippen LogP contribution in [0.2, 0.25) is 0 Å². The monoisotopic (exact) mass is 292 g/mol. The highest BCUT2D eigenvalue weighted by Gasteiger charge is 2.14. The van der Waals surface area contributed by atoms with Crippen LogP contribution in [-0.2, 0) is 24.3 Å². The molecule has 0 atom stereocenters. The van der Waals surface area contributed by atoms with E-state index in [1.54, 1.807) is 0 Å². The molecule has 2 rings (SSSR count). The van der Waals surface area contributed by atoms with Gasteiger partial charge in [-0.2, -0.15) is 0 Å². The van der Waals surface area contributed by atoms with E-state index in [9.17, 15) is 4.79 Å². The Morgan fingerprint density at radius 1 is 1.14 bits per heavy atom. The van der Waals surface area contributed by atoms with Gasteiger partial charge in [-0.15, -0.1) is 10.2 Å². The number of carbonyl (C=O) groups is 1. The van der Waals surface area contributed by atoms with Crippen LogP contribution in [0.25, 0.3) is 0 Å². The zero-order valence-corrected chi connectivity index (χ0v) is 13.2. The van der Waals surface area contributed by atoms with Gasteiger partial charge in [0, 0.05) is 19.4 Å². The van der Waals surface area contributed by atoms with E-state index < -0.39 is 0 Å². The largest absolute Gasteiger partial charge is 0.349 e. The Kier molecular flexibility index (Phi) is 6.70. The minimum absolute atomic E-state index is 0.137. The van der Waals surface area contributed by atoms with Crippen LogP contribution in [0.3, 0.4) is 0 Å². The van der Waals surface area contributed by atoms with Crippen molar-refractivity contribution in [1.29, 1.82) is 0 Å². The Bertz CT molecular complexity index is 441. The third-order valence-corrected chi connectivity index (χ3v) is 4.14. The third-order valence-electron chi connectivity index (χ3n) is 4.14. The minimum atomic E-state index is 0.137. The number of amides is 1. The van der Waals surface area contributed by atoms with Crippen molar-refractivity contribution in [1.82, 2.24) is 20.1 Å². The van der Waals surface area contributed by atoms with Crippen LogP contribution in [-0.4, -0.2) is 20.7 Å². The van der Waals surface area contributed by atoms with Crippen molar-refractivity contribution in [3.8, 4) is 0 Å². The topological polar surface area (TPSA) is 59.8 Å². The fraction of sp³-hybridized carbons (Fsp3) is 0.812. The molecule has 1 aliphatic heterocycles. The lowest BCUT2D eigenvalue weighted by Crippen LogP contribution is -2.24. The summed E-state index contributed by atoms with van der Waals surface area (Å²) in [6.07, 6.45) is 11.2. The number of hydrogen-bond donors (Lipinski definition) is 1. The molecule has 0 unspecified atom stereocenters. The molecular formula is C16H28N4O. The number of nitrogens with zero attached hydrogens (tertiary/aromatic N) is 3. The Morgan fingerprint density at radius 2 is 2.00 bits per heavy atom. The average Bonchev–Trinajstić information content (AvgIpc) is 2.72. The fourth-order valence-electron chi connectivity index (χ4n) is 2.83. The van der Waals surface area contributed by atoms with Gasteiger partial charge in [0.1, 0.15) is 5.82 Å². The van der Waals surface area contributed by atoms with Gasteiger partial charge in [0.05, 0.1) is 6.54 Å². The molecule has 1 aromatic rings. The second kappa shape index (κ2) is 8.80. The van der Waals surface area contributed by atoms with E-state index in [2.05, 4.69) is 27.0 Å². The quantitative estimate of drug-likeness (QED) is 0.749. The molecule has 2 heterocycles. The molecule has 0 bridgehead atoms. The van der Waals surface area contributed by atoms with Crippen molar-refractivity contribution >= 4 is 5.91 Å². The number of rotatable bonds is 8. The molecule has 5 nitrogen and oxygen atoms in total. The van der Waals surface area contributed by atoms with E-state index in [4.69, 9.17) is 0 Å². The Morgan fingerprint density at radius 3 is 2.86 bits per heavy atom. The first-order valence-electron chi connectivity index (χ1n) is 8.49. The van der Waals surface area contributed by atoms with Crippen molar-refractivity contribution in [2.75, 3.05) is 0 Å². The zero-order valence-electron chi connectivity index (χ0n) is 13.2. The normalized spacial score (nSPS) is 14.5. The van der Waals surface area contributed by atoms with E-state index >= 15 is 0 Å². The fourth-order valence-corrected chi connectivity index (χ4v) is 2.83. The highest BCUT2D eigenvalue weighted by atomic mass is 16.1. The van der Waals surface area contributed by atoms with Gasteiger partial charge in [-0.25, -0.2) is 0 Å². The molecular weight excluding hydrogens is 264 g/mol. The summed E-state index contributed by atoms with van der Waals surface area (Å²) < 4.78 is 2.19. The molecule has 1 N–H and O–H groups in total. The van der Waals surface area contributed by atoms with Crippen LogP contribution < -0.4 is 5.32 Å². The lowest BCUT2D eigenvalue weighted by Gasteiger charge is -2.08. The molecule has 118 valence electrons. The average molecular weight is 292 g/mol. The summed E-state index contributed by atoms with van der Waals surface area (Å²) in [5, 5.41) is 11.5. The number of fused-ring (bicyclic) bond motifs is 1. The maximum Gasteiger partial charge on any atom is 0.220 e. The number of aromatic nitrogens is 3. The highest BCUT2D eigenvalue weighted by Crippen LogP contribution is 2.14. The van der Waals surface area contributed by atoms with Crippen LogP contribution in [0, 0.1) is 0 Å². The van der Waals surface area contributed by atoms with Crippen LogP contribution in [0.15, 0.2) is 0 Å². The van der Waals surface area contributed by atoms with Gasteiger partial charge in [0.25, 0.3) is 0 Å². The molecule has 0 saturated carbocycles. The summed E-state index contributed by atoms with van der Waals surface area (Å²) in [6, 6.07) is 0. The summed E-state index contributed by atoms with van der Waals surface area (Å²) in [7, 11) is 0. The van der Waals surface area contributed by atoms with Gasteiger partial charge in [0.2, 0.25) is 5.91 Å². The van der Waals surface area contributed by atoms with Crippen molar-refractivity contribution in [3.63, 3.8) is 0 Å². The molecule has 0 radical (unpaired) electrons. The van der Waals surface area contributed by atoms with E-state index in [1.165, 1.54) is 38.5 Å². The Hall–Kier alpha value is -1.39. The lowest BCUT2D eigenvalue weighted by atomic mass is 10.1. The molecule has 0 saturated heterocycles. The van der Waals surface area contributed by atoms with E-state index in [1.807, 2.05) is 0 Å². The molecule has 21 heavy (non-hydrogen) atoms. The lowest BCUT2D eigenvalue weighted by molar-refractivity contribution is -0.121. The maximum atomic E-state index is 11.8. The molecule has 1 aromatic heterocycles. The number of unbranched alkanes of at least 4 members (excludes halogenated alkanes) is 4. The van der Waals surface area contributed by atoms with Crippen molar-refractivity contribution in [2.24, 2.45) is 0 Å². The molecule has 1 aliphatic rings. The van der Waals surface area contributed by atoms with Crippen LogP contribution in [0.5, 0.6) is 0 Å². The smallest absolute Gasteiger partial charge is 0.220 e. The molecule has 0 fully saturated rings. The number of aryl methyl sites for hydroxylation is 1. The first-order chi connectivity index (χ1) is 10.3. The van der Waals surface area contributed by atoms with Crippen molar-refractivity contribution in [3.05, 3.63) is 11.6 Å². The van der Waals surface area contributed by atoms with Crippen LogP contribution in [0.4, 0.5) is 0 Å². The predicted molar refractivity (Wildman–Crippen MR) is 82.8 cm³/mol. The highest BCUT2D eigenvalue weighted by molar-refractivity contribution is 5.75. The number of hydrogen-bond acceptors (Lipinski definition) is 3. The first kappa shape index (κ1) is 16.0. The van der Waals surface area contributed by atoms with E-state index in [0.717, 1.165) is 37.5 Å². The van der Waals surface area contributed by atoms with Crippen LogP contribution in [0.1, 0.15) is 76.4 Å². The van der Waals surface area contributed by atoms with Gasteiger partial charge in [-0.3, -0.25) is 4.79 Å². The van der Waals surface area contributed by atoms with Crippen LogP contribution >= 0.6 is 0 Å². The molecule has 0 aliphatic carbocycles. The van der Waals surface area contributed by atoms with E-state index in [-0.39, 0.29) is 5.91 Å². The Balaban J connectivity index is 1.70. The Labute approximate surface area is 127 Å². The zero-order chi connectivity index (χ0) is 14.9. The summed E-state index contributed by atoms with van der Waals surface area (Å²) >= 11 is 0. The molecule has 0 aromatic carbocycles. The first-order valence-corrected chi connectivity index (χ1v) is 8.49. The van der Waals surface area contributed by atoms with Gasteiger partial charge < -0.3 is 9.88 Å². The SMILES string of the molecule is CCCCCCCC(=O)NCc1nnc2n1CCCCC2. The van der Waals surface area contributed by atoms with Gasteiger partial charge >= 0.3 is 0 Å². The standard InChI is InChI=1S/C16H28N4O/c1-2-3-4-5-8-11-16(21)17-13-15-19-18-14-10-7-6-9-12-20(14)15/h2-13H2,1H3,(H,17,21). The van der Waals surface area contributed by atoms with Crippen molar-refractivity contribution < 1.29 is 4.79 Å². The number of carbonyl (C=O) groups excluding carboxylic acids is 1. The van der Waals surface area contributed by atoms with Crippen molar-refractivity contribution in [2.45, 2.75) is 84.2 Å². The second-order valence-electron chi connectivity index (χ2n) is 5.94. The van der Waals surface area contributed by atoms with Gasteiger partial charge in [0.15, 0.2) is 5.82 Å². The van der Waals surface area contributed by atoms with Gasteiger partial charge in [-0.05, 0) is 19.3 Å². The van der Waals surface area contributed by atoms with Gasteiger partial charge in [-0.1, -0.05) is 39.0 Å². The molecule has 5 heteroatoms. The predicted octanol–water partition coefficient (Wildman–Crippen LogP) is 2.98. The molecule has 0 spiro atoms. The summed E-state index contributed by atoms with van der Waals surface area (Å²) in [5.41, 5.74) is 0. The number of nitrogens with one attached hydrogen (secondary N) is 1. The second-order valence-corrected chi connectivity index (χ2v) is 5.94. The minimum Gasteiger partial charge on any atom is -0.349 e. The summed E-state index contributed by atoms with van der Waals surface area (Å²) in [4.78, 5) is 11.8. The molecule has 1 amide bonds. The van der Waals surface area contributed by atoms with E-state index in [0.29, 0.717) is 13.0 Å². The maximum absolute atomic E-state index is 11.8. The summed E-state index contributed by atoms with van der Waals surface area (Å²) in [6.45, 7) is 3.71. The third kappa shape index (κ3) is 5.14. The summed E-state index contributed by atoms with van der Waals surface area (Å²) in [5.74, 6) is 2.13.